The fourth-order valence-electron chi connectivity index (χ4n) is 2.72. The highest BCUT2D eigenvalue weighted by atomic mass is 16.9. The molecule has 0 aliphatic carbocycles. The van der Waals surface area contributed by atoms with Crippen molar-refractivity contribution in [1.82, 2.24) is 0 Å². The van der Waals surface area contributed by atoms with E-state index >= 15 is 0 Å². The van der Waals surface area contributed by atoms with Gasteiger partial charge < -0.3 is 14.2 Å². The van der Waals surface area contributed by atoms with Crippen LogP contribution in [0.5, 0.6) is 17.2 Å². The summed E-state index contributed by atoms with van der Waals surface area (Å²) in [4.78, 5) is 0. The molecule has 0 spiro atoms. The first kappa shape index (κ1) is 22.6. The van der Waals surface area contributed by atoms with E-state index in [1.54, 1.807) is 20.8 Å². The van der Waals surface area contributed by atoms with Gasteiger partial charge in [0.05, 0.1) is 0 Å². The van der Waals surface area contributed by atoms with E-state index < -0.39 is 25.3 Å². The Bertz CT molecular complexity index is 741. The van der Waals surface area contributed by atoms with Crippen LogP contribution in [0, 0.1) is 0 Å². The molecule has 3 aromatic carbocycles. The fourth-order valence-corrected chi connectivity index (χ4v) is 2.72. The lowest BCUT2D eigenvalue weighted by molar-refractivity contribution is -0.378. The summed E-state index contributed by atoms with van der Waals surface area (Å²) in [6.45, 7) is 4.20. The predicted molar refractivity (Wildman–Crippen MR) is 117 cm³/mol. The first-order valence-corrected chi connectivity index (χ1v) is 10.2. The Hall–Kier alpha value is -3.06. The molecule has 3 atom stereocenters. The molecule has 3 aromatic rings. The van der Waals surface area contributed by atoms with Crippen molar-refractivity contribution < 1.29 is 28.4 Å². The summed E-state index contributed by atoms with van der Waals surface area (Å²) in [6.07, 6.45) is -1.92. The van der Waals surface area contributed by atoms with Crippen molar-refractivity contribution in [1.29, 1.82) is 0 Å². The first-order valence-electron chi connectivity index (χ1n) is 10.2. The van der Waals surface area contributed by atoms with Gasteiger partial charge in [-0.25, -0.2) is 0 Å². The van der Waals surface area contributed by atoms with E-state index in [0.717, 1.165) is 0 Å². The van der Waals surface area contributed by atoms with Crippen LogP contribution in [0.25, 0.3) is 0 Å². The molecule has 0 aliphatic heterocycles. The summed E-state index contributed by atoms with van der Waals surface area (Å²) in [5, 5.41) is 0. The standard InChI is InChI=1S/C25H28O6/c1-19(26-22-13-7-4-8-14-22)29-25(30-20(2)27-23-15-9-5-10-16-23)31-21(3)28-24-17-11-6-12-18-24/h4-21,25H,1-3H3. The Morgan fingerprint density at radius 2 is 0.677 bits per heavy atom. The zero-order chi connectivity index (χ0) is 21.9. The van der Waals surface area contributed by atoms with Crippen LogP contribution in [0.1, 0.15) is 20.8 Å². The van der Waals surface area contributed by atoms with Crippen LogP contribution in [0.2, 0.25) is 0 Å². The molecule has 0 radical (unpaired) electrons. The summed E-state index contributed by atoms with van der Waals surface area (Å²) in [7, 11) is 0. The van der Waals surface area contributed by atoms with Crippen molar-refractivity contribution >= 4 is 0 Å². The van der Waals surface area contributed by atoms with Crippen molar-refractivity contribution in [3.63, 3.8) is 0 Å². The van der Waals surface area contributed by atoms with Crippen LogP contribution in [0.3, 0.4) is 0 Å². The number of hydrogen-bond donors (Lipinski definition) is 0. The molecule has 0 bridgehead atoms. The average molecular weight is 424 g/mol. The zero-order valence-corrected chi connectivity index (χ0v) is 17.9. The molecule has 0 aromatic heterocycles. The maximum atomic E-state index is 5.84. The Balaban J connectivity index is 1.60. The van der Waals surface area contributed by atoms with Gasteiger partial charge in [0, 0.05) is 0 Å². The smallest absolute Gasteiger partial charge is 0.280 e. The lowest BCUT2D eigenvalue weighted by atomic mass is 10.3. The molecule has 0 saturated carbocycles. The normalized spacial score (nSPS) is 14.8. The van der Waals surface area contributed by atoms with Gasteiger partial charge in [-0.15, -0.1) is 0 Å². The van der Waals surface area contributed by atoms with Gasteiger partial charge in [0.25, 0.3) is 6.48 Å². The number of hydrogen-bond acceptors (Lipinski definition) is 6. The molecule has 3 rings (SSSR count). The van der Waals surface area contributed by atoms with Crippen molar-refractivity contribution in [2.75, 3.05) is 0 Å². The SMILES string of the molecule is CC(Oc1ccccc1)OC(OC(C)Oc1ccccc1)OC(C)Oc1ccccc1. The van der Waals surface area contributed by atoms with E-state index in [9.17, 15) is 0 Å². The summed E-state index contributed by atoms with van der Waals surface area (Å²) in [5.41, 5.74) is 0. The van der Waals surface area contributed by atoms with Crippen LogP contribution >= 0.6 is 0 Å². The molecule has 0 fully saturated rings. The quantitative estimate of drug-likeness (QED) is 0.353. The summed E-state index contributed by atoms with van der Waals surface area (Å²) in [6, 6.07) is 28.1. The number of benzene rings is 3. The molecular formula is C25H28O6. The van der Waals surface area contributed by atoms with Gasteiger partial charge in [-0.2, -0.15) is 0 Å². The molecule has 0 N–H and O–H groups in total. The van der Waals surface area contributed by atoms with Crippen LogP contribution in [-0.4, -0.2) is 25.3 Å². The van der Waals surface area contributed by atoms with E-state index in [1.165, 1.54) is 0 Å². The molecule has 3 unspecified atom stereocenters. The van der Waals surface area contributed by atoms with Gasteiger partial charge in [0.15, 0.2) is 0 Å². The minimum atomic E-state index is -1.09. The molecule has 0 aliphatic rings. The summed E-state index contributed by atoms with van der Waals surface area (Å²) < 4.78 is 34.9. The van der Waals surface area contributed by atoms with Crippen LogP contribution in [0.4, 0.5) is 0 Å². The Morgan fingerprint density at radius 1 is 0.419 bits per heavy atom. The molecule has 164 valence electrons. The maximum absolute atomic E-state index is 5.84. The topological polar surface area (TPSA) is 55.4 Å². The monoisotopic (exact) mass is 424 g/mol. The van der Waals surface area contributed by atoms with E-state index in [-0.39, 0.29) is 0 Å². The molecule has 6 nitrogen and oxygen atoms in total. The second-order valence-corrected chi connectivity index (χ2v) is 6.69. The maximum Gasteiger partial charge on any atom is 0.280 e. The van der Waals surface area contributed by atoms with E-state index in [1.807, 2.05) is 91.0 Å². The largest absolute Gasteiger partial charge is 0.465 e. The molecular weight excluding hydrogens is 396 g/mol. The lowest BCUT2D eigenvalue weighted by Crippen LogP contribution is -2.36. The minimum Gasteiger partial charge on any atom is -0.465 e. The van der Waals surface area contributed by atoms with Gasteiger partial charge in [-0.3, -0.25) is 14.2 Å². The van der Waals surface area contributed by atoms with Gasteiger partial charge >= 0.3 is 0 Å². The van der Waals surface area contributed by atoms with Crippen LogP contribution in [0.15, 0.2) is 91.0 Å². The molecule has 0 amide bonds. The van der Waals surface area contributed by atoms with E-state index in [0.29, 0.717) is 17.2 Å². The molecule has 0 heterocycles. The molecule has 0 saturated heterocycles. The van der Waals surface area contributed by atoms with Gasteiger partial charge in [-0.05, 0) is 57.2 Å². The lowest BCUT2D eigenvalue weighted by Gasteiger charge is -2.28. The van der Waals surface area contributed by atoms with Crippen molar-refractivity contribution in [2.45, 2.75) is 46.1 Å². The third-order valence-electron chi connectivity index (χ3n) is 4.04. The summed E-state index contributed by atoms with van der Waals surface area (Å²) >= 11 is 0. The Labute approximate surface area is 183 Å². The summed E-state index contributed by atoms with van der Waals surface area (Å²) in [5.74, 6) is 2.03. The van der Waals surface area contributed by atoms with Crippen LogP contribution < -0.4 is 14.2 Å². The Morgan fingerprint density at radius 3 is 0.935 bits per heavy atom. The zero-order valence-electron chi connectivity index (χ0n) is 17.9. The van der Waals surface area contributed by atoms with E-state index in [4.69, 9.17) is 28.4 Å². The molecule has 6 heteroatoms. The highest BCUT2D eigenvalue weighted by Gasteiger charge is 2.23. The number of ether oxygens (including phenoxy) is 6. The molecule has 31 heavy (non-hydrogen) atoms. The fraction of sp³-hybridized carbons (Fsp3) is 0.280. The van der Waals surface area contributed by atoms with Crippen molar-refractivity contribution in [2.24, 2.45) is 0 Å². The van der Waals surface area contributed by atoms with Gasteiger partial charge in [-0.1, -0.05) is 54.6 Å². The average Bonchev–Trinajstić information content (AvgIpc) is 2.75. The third kappa shape index (κ3) is 8.30. The third-order valence-corrected chi connectivity index (χ3v) is 4.04. The number of rotatable bonds is 12. The van der Waals surface area contributed by atoms with Crippen molar-refractivity contribution in [3.05, 3.63) is 91.0 Å². The number of para-hydroxylation sites is 3. The first-order chi connectivity index (χ1) is 15.1. The van der Waals surface area contributed by atoms with Gasteiger partial charge in [0.2, 0.25) is 18.9 Å². The predicted octanol–water partition coefficient (Wildman–Crippen LogP) is 5.59. The van der Waals surface area contributed by atoms with Crippen molar-refractivity contribution in [3.8, 4) is 17.2 Å². The second kappa shape index (κ2) is 12.0. The minimum absolute atomic E-state index is 0.639. The second-order valence-electron chi connectivity index (χ2n) is 6.69. The van der Waals surface area contributed by atoms with E-state index in [2.05, 4.69) is 0 Å². The Kier molecular flexibility index (Phi) is 8.72. The van der Waals surface area contributed by atoms with Gasteiger partial charge in [0.1, 0.15) is 17.2 Å². The van der Waals surface area contributed by atoms with Crippen LogP contribution in [-0.2, 0) is 14.2 Å². The highest BCUT2D eigenvalue weighted by molar-refractivity contribution is 5.22. The highest BCUT2D eigenvalue weighted by Crippen LogP contribution is 2.18.